The van der Waals surface area contributed by atoms with Gasteiger partial charge in [0.1, 0.15) is 12.4 Å². The van der Waals surface area contributed by atoms with E-state index in [1.54, 1.807) is 13.8 Å². The molecule has 146 valence electrons. The van der Waals surface area contributed by atoms with Gasteiger partial charge >= 0.3 is 6.01 Å². The number of rotatable bonds is 9. The Morgan fingerprint density at radius 1 is 1.19 bits per heavy atom. The molecule has 2 aromatic rings. The largest absolute Gasteiger partial charge is 0.460 e. The maximum atomic E-state index is 9.89. The van der Waals surface area contributed by atoms with E-state index in [4.69, 9.17) is 4.74 Å². The third kappa shape index (κ3) is 6.98. The van der Waals surface area contributed by atoms with Gasteiger partial charge in [-0.25, -0.2) is 0 Å². The first-order valence-corrected chi connectivity index (χ1v) is 9.35. The molecule has 6 nitrogen and oxygen atoms in total. The molecule has 6 heteroatoms. The minimum Gasteiger partial charge on any atom is -0.460 e. The highest BCUT2D eigenvalue weighted by Crippen LogP contribution is 2.18. The lowest BCUT2D eigenvalue weighted by atomic mass is 10.1. The van der Waals surface area contributed by atoms with E-state index >= 15 is 0 Å². The van der Waals surface area contributed by atoms with Crippen LogP contribution in [0.25, 0.3) is 0 Å². The van der Waals surface area contributed by atoms with Crippen molar-refractivity contribution in [2.24, 2.45) is 4.99 Å². The molecule has 0 spiro atoms. The summed E-state index contributed by atoms with van der Waals surface area (Å²) in [6.07, 6.45) is 1.85. The summed E-state index contributed by atoms with van der Waals surface area (Å²) in [5.74, 6) is 0.807. The van der Waals surface area contributed by atoms with E-state index in [1.165, 1.54) is 5.56 Å². The molecular weight excluding hydrogens is 340 g/mol. The lowest BCUT2D eigenvalue weighted by Crippen LogP contribution is -2.29. The Balaban J connectivity index is 2.20. The van der Waals surface area contributed by atoms with Gasteiger partial charge in [0.2, 0.25) is 0 Å². The maximum absolute atomic E-state index is 9.89. The molecule has 1 aromatic heterocycles. The molecule has 0 atom stereocenters. The summed E-state index contributed by atoms with van der Waals surface area (Å²) < 4.78 is 5.62. The van der Waals surface area contributed by atoms with E-state index in [0.717, 1.165) is 30.2 Å². The van der Waals surface area contributed by atoms with E-state index < -0.39 is 5.60 Å². The van der Waals surface area contributed by atoms with Crippen molar-refractivity contribution >= 4 is 12.0 Å². The molecule has 0 radical (unpaired) electrons. The average molecular weight is 370 g/mol. The number of anilines is 1. The van der Waals surface area contributed by atoms with Crippen molar-refractivity contribution in [2.45, 2.75) is 46.8 Å². The van der Waals surface area contributed by atoms with Gasteiger partial charge in [0.25, 0.3) is 0 Å². The molecule has 0 amide bonds. The van der Waals surface area contributed by atoms with Gasteiger partial charge in [-0.1, -0.05) is 29.8 Å². The standard InChI is InChI=1S/C21H30N4O2/c1-6-25(7-2)19-12-18(23-20(24-19)27-15-21(4,5)26)14-22-13-17-10-8-9-16(3)11-17/h8-13,26H,6-7,14-15H2,1-5H3. The van der Waals surface area contributed by atoms with E-state index in [9.17, 15) is 5.11 Å². The fourth-order valence-corrected chi connectivity index (χ4v) is 2.55. The minimum atomic E-state index is -0.946. The first kappa shape index (κ1) is 20.8. The van der Waals surface area contributed by atoms with Gasteiger partial charge in [-0.2, -0.15) is 9.97 Å². The molecule has 0 saturated carbocycles. The second-order valence-corrected chi connectivity index (χ2v) is 7.16. The van der Waals surface area contributed by atoms with Crippen molar-refractivity contribution in [1.29, 1.82) is 0 Å². The number of ether oxygens (including phenoxy) is 1. The Morgan fingerprint density at radius 2 is 1.93 bits per heavy atom. The zero-order chi connectivity index (χ0) is 19.9. The molecule has 0 fully saturated rings. The van der Waals surface area contributed by atoms with Crippen LogP contribution in [-0.4, -0.2) is 46.6 Å². The Morgan fingerprint density at radius 3 is 2.56 bits per heavy atom. The third-order valence-corrected chi connectivity index (χ3v) is 3.92. The van der Waals surface area contributed by atoms with Crippen LogP contribution >= 0.6 is 0 Å². The second kappa shape index (κ2) is 9.46. The maximum Gasteiger partial charge on any atom is 0.318 e. The van der Waals surface area contributed by atoms with Crippen molar-refractivity contribution in [1.82, 2.24) is 9.97 Å². The van der Waals surface area contributed by atoms with Crippen LogP contribution in [0.1, 0.15) is 44.5 Å². The topological polar surface area (TPSA) is 70.8 Å². The van der Waals surface area contributed by atoms with E-state index in [1.807, 2.05) is 24.4 Å². The monoisotopic (exact) mass is 370 g/mol. The van der Waals surface area contributed by atoms with Crippen molar-refractivity contribution < 1.29 is 9.84 Å². The lowest BCUT2D eigenvalue weighted by Gasteiger charge is -2.22. The van der Waals surface area contributed by atoms with Crippen LogP contribution in [0.3, 0.4) is 0 Å². The van der Waals surface area contributed by atoms with Gasteiger partial charge in [0.05, 0.1) is 17.8 Å². The molecule has 0 aliphatic heterocycles. The SMILES string of the molecule is CCN(CC)c1cc(CN=Cc2cccc(C)c2)nc(OCC(C)(C)O)n1. The van der Waals surface area contributed by atoms with Gasteiger partial charge in [0, 0.05) is 25.4 Å². The van der Waals surface area contributed by atoms with Crippen molar-refractivity contribution in [2.75, 3.05) is 24.6 Å². The summed E-state index contributed by atoms with van der Waals surface area (Å²) in [7, 11) is 0. The van der Waals surface area contributed by atoms with E-state index in [2.05, 4.69) is 52.8 Å². The zero-order valence-corrected chi connectivity index (χ0v) is 16.9. The van der Waals surface area contributed by atoms with Crippen LogP contribution < -0.4 is 9.64 Å². The highest BCUT2D eigenvalue weighted by atomic mass is 16.5. The quantitative estimate of drug-likeness (QED) is 0.685. The normalized spacial score (nSPS) is 11.8. The molecule has 27 heavy (non-hydrogen) atoms. The number of hydrogen-bond donors (Lipinski definition) is 1. The Kier molecular flexibility index (Phi) is 7.30. The Hall–Kier alpha value is -2.47. The van der Waals surface area contributed by atoms with Gasteiger partial charge in [-0.3, -0.25) is 4.99 Å². The molecule has 0 saturated heterocycles. The fourth-order valence-electron chi connectivity index (χ4n) is 2.55. The number of aromatic nitrogens is 2. The first-order chi connectivity index (χ1) is 12.8. The summed E-state index contributed by atoms with van der Waals surface area (Å²) in [5.41, 5.74) is 2.10. The number of hydrogen-bond acceptors (Lipinski definition) is 6. The minimum absolute atomic E-state index is 0.126. The van der Waals surface area contributed by atoms with E-state index in [0.29, 0.717) is 6.54 Å². The molecule has 0 aliphatic carbocycles. The van der Waals surface area contributed by atoms with Crippen LogP contribution in [0.4, 0.5) is 5.82 Å². The number of aliphatic hydroxyl groups is 1. The fraction of sp³-hybridized carbons (Fsp3) is 0.476. The summed E-state index contributed by atoms with van der Waals surface area (Å²) in [5, 5.41) is 9.89. The molecule has 1 aromatic carbocycles. The van der Waals surface area contributed by atoms with E-state index in [-0.39, 0.29) is 12.6 Å². The lowest BCUT2D eigenvalue weighted by molar-refractivity contribution is 0.0249. The summed E-state index contributed by atoms with van der Waals surface area (Å²) >= 11 is 0. The smallest absolute Gasteiger partial charge is 0.318 e. The summed E-state index contributed by atoms with van der Waals surface area (Å²) in [6, 6.07) is 10.4. The zero-order valence-electron chi connectivity index (χ0n) is 16.9. The van der Waals surface area contributed by atoms with Crippen molar-refractivity contribution in [3.05, 3.63) is 47.2 Å². The summed E-state index contributed by atoms with van der Waals surface area (Å²) in [4.78, 5) is 15.6. The molecule has 0 bridgehead atoms. The number of benzene rings is 1. The molecule has 2 rings (SSSR count). The Bertz CT molecular complexity index is 765. The summed E-state index contributed by atoms with van der Waals surface area (Å²) in [6.45, 7) is 11.8. The van der Waals surface area contributed by atoms with Gasteiger partial charge in [-0.15, -0.1) is 0 Å². The molecule has 0 aliphatic rings. The highest BCUT2D eigenvalue weighted by molar-refractivity contribution is 5.79. The van der Waals surface area contributed by atoms with Gasteiger partial charge in [-0.05, 0) is 40.2 Å². The molecular formula is C21H30N4O2. The van der Waals surface area contributed by atoms with Gasteiger partial charge < -0.3 is 14.7 Å². The van der Waals surface area contributed by atoms with Crippen molar-refractivity contribution in [3.8, 4) is 6.01 Å². The second-order valence-electron chi connectivity index (χ2n) is 7.16. The van der Waals surface area contributed by atoms with Crippen LogP contribution in [-0.2, 0) is 6.54 Å². The van der Waals surface area contributed by atoms with Gasteiger partial charge in [0.15, 0.2) is 0 Å². The molecule has 0 unspecified atom stereocenters. The van der Waals surface area contributed by atoms with Crippen LogP contribution in [0.5, 0.6) is 6.01 Å². The number of nitrogens with zero attached hydrogens (tertiary/aromatic N) is 4. The van der Waals surface area contributed by atoms with Crippen molar-refractivity contribution in [3.63, 3.8) is 0 Å². The number of aryl methyl sites for hydroxylation is 1. The first-order valence-electron chi connectivity index (χ1n) is 9.35. The third-order valence-electron chi connectivity index (χ3n) is 3.92. The molecule has 1 heterocycles. The predicted octanol–water partition coefficient (Wildman–Crippen LogP) is 3.40. The molecule has 1 N–H and O–H groups in total. The highest BCUT2D eigenvalue weighted by Gasteiger charge is 2.16. The predicted molar refractivity (Wildman–Crippen MR) is 110 cm³/mol. The van der Waals surface area contributed by atoms with Crippen LogP contribution in [0.15, 0.2) is 35.3 Å². The van der Waals surface area contributed by atoms with Crippen LogP contribution in [0.2, 0.25) is 0 Å². The number of aliphatic imine (C=N–C) groups is 1. The van der Waals surface area contributed by atoms with Crippen LogP contribution in [0, 0.1) is 6.92 Å². The Labute approximate surface area is 162 Å². The average Bonchev–Trinajstić information content (AvgIpc) is 2.61.